The van der Waals surface area contributed by atoms with Crippen LogP contribution in [-0.2, 0) is 16.1 Å². The summed E-state index contributed by atoms with van der Waals surface area (Å²) in [6.45, 7) is 3.87. The van der Waals surface area contributed by atoms with Gasteiger partial charge in [-0.25, -0.2) is 4.99 Å². The zero-order valence-electron chi connectivity index (χ0n) is 19.6. The average molecular weight is 556 g/mol. The second-order valence-corrected chi connectivity index (χ2v) is 9.05. The number of nitrogens with one attached hydrogen (secondary N) is 3. The van der Waals surface area contributed by atoms with Gasteiger partial charge in [-0.05, 0) is 50.3 Å². The molecule has 0 saturated heterocycles. The summed E-state index contributed by atoms with van der Waals surface area (Å²) >= 11 is 0. The lowest BCUT2D eigenvalue weighted by molar-refractivity contribution is -0.138. The minimum Gasteiger partial charge on any atom is -0.357 e. The molecule has 0 spiro atoms. The van der Waals surface area contributed by atoms with Gasteiger partial charge in [-0.15, -0.1) is 24.0 Å². The second kappa shape index (κ2) is 12.4. The van der Waals surface area contributed by atoms with Gasteiger partial charge in [0.25, 0.3) is 0 Å². The van der Waals surface area contributed by atoms with Gasteiger partial charge in [0.15, 0.2) is 5.96 Å². The summed E-state index contributed by atoms with van der Waals surface area (Å²) in [5, 5.41) is 9.72. The normalized spacial score (nSPS) is 17.7. The largest absolute Gasteiger partial charge is 0.357 e. The van der Waals surface area contributed by atoms with Crippen LogP contribution in [-0.4, -0.2) is 49.9 Å². The van der Waals surface area contributed by atoms with Crippen molar-refractivity contribution in [3.8, 4) is 0 Å². The summed E-state index contributed by atoms with van der Waals surface area (Å²) in [6.07, 6.45) is 7.14. The molecule has 0 aromatic heterocycles. The van der Waals surface area contributed by atoms with Gasteiger partial charge in [-0.1, -0.05) is 31.4 Å². The van der Waals surface area contributed by atoms with Crippen molar-refractivity contribution in [1.82, 2.24) is 15.5 Å². The fourth-order valence-corrected chi connectivity index (χ4v) is 4.42. The number of anilines is 1. The topological polar surface area (TPSA) is 85.8 Å². The first-order valence-electron chi connectivity index (χ1n) is 11.6. The van der Waals surface area contributed by atoms with E-state index in [1.54, 1.807) is 4.90 Å². The van der Waals surface area contributed by atoms with Crippen LogP contribution in [0.15, 0.2) is 29.3 Å². The summed E-state index contributed by atoms with van der Waals surface area (Å²) in [5.41, 5.74) is 1.51. The lowest BCUT2D eigenvalue weighted by atomic mass is 9.84. The Kier molecular flexibility index (Phi) is 10.2. The molecule has 1 aromatic carbocycles. The molecule has 3 N–H and O–H groups in total. The number of carbonyl (C=O) groups is 2. The van der Waals surface area contributed by atoms with Gasteiger partial charge in [0, 0.05) is 38.8 Å². The highest BCUT2D eigenvalue weighted by atomic mass is 127. The average Bonchev–Trinajstić information content (AvgIpc) is 3.18. The van der Waals surface area contributed by atoms with Crippen LogP contribution in [0.5, 0.6) is 0 Å². The van der Waals surface area contributed by atoms with E-state index in [9.17, 15) is 9.59 Å². The fourth-order valence-electron chi connectivity index (χ4n) is 4.42. The first-order valence-corrected chi connectivity index (χ1v) is 11.6. The van der Waals surface area contributed by atoms with E-state index in [0.29, 0.717) is 19.0 Å². The van der Waals surface area contributed by atoms with Crippen LogP contribution in [0.3, 0.4) is 0 Å². The van der Waals surface area contributed by atoms with Crippen LogP contribution in [0, 0.1) is 11.3 Å². The van der Waals surface area contributed by atoms with Crippen LogP contribution in [0.25, 0.3) is 0 Å². The molecule has 2 saturated carbocycles. The highest BCUT2D eigenvalue weighted by molar-refractivity contribution is 14.0. The highest BCUT2D eigenvalue weighted by Gasteiger charge is 2.42. The van der Waals surface area contributed by atoms with E-state index in [4.69, 9.17) is 4.99 Å². The summed E-state index contributed by atoms with van der Waals surface area (Å²) in [4.78, 5) is 31.4. The molecule has 0 atom stereocenters. The monoisotopic (exact) mass is 555 g/mol. The minimum atomic E-state index is -0.342. The maximum Gasteiger partial charge on any atom is 0.230 e. The molecule has 8 heteroatoms. The Hall–Kier alpha value is -1.84. The Bertz CT molecular complexity index is 801. The summed E-state index contributed by atoms with van der Waals surface area (Å²) < 4.78 is 0. The number of amides is 2. The molecule has 32 heavy (non-hydrogen) atoms. The number of benzene rings is 1. The molecule has 0 aliphatic heterocycles. The number of carbonyl (C=O) groups excluding carboxylic acids is 2. The van der Waals surface area contributed by atoms with Crippen LogP contribution >= 0.6 is 24.0 Å². The van der Waals surface area contributed by atoms with Crippen molar-refractivity contribution in [2.24, 2.45) is 16.3 Å². The summed E-state index contributed by atoms with van der Waals surface area (Å²) in [6, 6.07) is 7.87. The van der Waals surface area contributed by atoms with Gasteiger partial charge < -0.3 is 20.9 Å². The number of rotatable bonds is 8. The van der Waals surface area contributed by atoms with Gasteiger partial charge in [-0.3, -0.25) is 9.59 Å². The van der Waals surface area contributed by atoms with Crippen molar-refractivity contribution < 1.29 is 9.59 Å². The molecule has 2 fully saturated rings. The quantitative estimate of drug-likeness (QED) is 0.259. The molecular weight excluding hydrogens is 517 g/mol. The Balaban J connectivity index is 0.00000363. The van der Waals surface area contributed by atoms with Gasteiger partial charge in [-0.2, -0.15) is 0 Å². The standard InChI is InChI=1S/C24H37N5O2.HI/c1-4-25-23(27-17-24(13-5-6-14-24)22(31)29(2)3)26-16-18-9-7-12-20(15-18)28-21(30)19-10-8-11-19;/h7,9,12,15,19H,4-6,8,10-11,13-14,16-17H2,1-3H3,(H,28,30)(H2,25,26,27);1H. The molecule has 0 radical (unpaired) electrons. The predicted octanol–water partition coefficient (Wildman–Crippen LogP) is 3.75. The molecular formula is C24H38IN5O2. The highest BCUT2D eigenvalue weighted by Crippen LogP contribution is 2.38. The van der Waals surface area contributed by atoms with E-state index in [1.807, 2.05) is 45.3 Å². The number of nitrogens with zero attached hydrogens (tertiary/aromatic N) is 2. The zero-order valence-corrected chi connectivity index (χ0v) is 21.9. The van der Waals surface area contributed by atoms with Gasteiger partial charge >= 0.3 is 0 Å². The SMILES string of the molecule is CCNC(=NCc1cccc(NC(=O)C2CCC2)c1)NCC1(C(=O)N(C)C)CCCC1.I. The molecule has 0 bridgehead atoms. The molecule has 178 valence electrons. The Morgan fingerprint density at radius 3 is 2.44 bits per heavy atom. The number of guanidine groups is 1. The zero-order chi connectivity index (χ0) is 22.3. The number of hydrogen-bond acceptors (Lipinski definition) is 3. The van der Waals surface area contributed by atoms with Crippen molar-refractivity contribution in [3.63, 3.8) is 0 Å². The van der Waals surface area contributed by atoms with Crippen molar-refractivity contribution in [1.29, 1.82) is 0 Å². The smallest absolute Gasteiger partial charge is 0.230 e. The van der Waals surface area contributed by atoms with Crippen LogP contribution in [0.2, 0.25) is 0 Å². The van der Waals surface area contributed by atoms with Gasteiger partial charge in [0.2, 0.25) is 11.8 Å². The van der Waals surface area contributed by atoms with Crippen LogP contribution in [0.1, 0.15) is 57.4 Å². The first kappa shape index (κ1) is 26.4. The fraction of sp³-hybridized carbons (Fsp3) is 0.625. The van der Waals surface area contributed by atoms with Crippen molar-refractivity contribution in [2.45, 2.75) is 58.4 Å². The number of aliphatic imine (C=N–C) groups is 1. The third-order valence-electron chi connectivity index (χ3n) is 6.45. The summed E-state index contributed by atoms with van der Waals surface area (Å²) in [5.74, 6) is 1.20. The van der Waals surface area contributed by atoms with Gasteiger partial charge in [0.1, 0.15) is 0 Å². The van der Waals surface area contributed by atoms with E-state index >= 15 is 0 Å². The Labute approximate surface area is 209 Å². The molecule has 0 unspecified atom stereocenters. The molecule has 3 rings (SSSR count). The first-order chi connectivity index (χ1) is 14.9. The Morgan fingerprint density at radius 2 is 1.84 bits per heavy atom. The van der Waals surface area contributed by atoms with E-state index in [1.165, 1.54) is 0 Å². The molecule has 2 amide bonds. The van der Waals surface area contributed by atoms with E-state index in [2.05, 4.69) is 16.0 Å². The molecule has 2 aliphatic carbocycles. The van der Waals surface area contributed by atoms with E-state index in [-0.39, 0.29) is 47.1 Å². The van der Waals surface area contributed by atoms with Gasteiger partial charge in [0.05, 0.1) is 12.0 Å². The molecule has 1 aromatic rings. The third-order valence-corrected chi connectivity index (χ3v) is 6.45. The van der Waals surface area contributed by atoms with Crippen LogP contribution in [0.4, 0.5) is 5.69 Å². The lowest BCUT2D eigenvalue weighted by Crippen LogP contribution is -2.49. The minimum absolute atomic E-state index is 0. The molecule has 7 nitrogen and oxygen atoms in total. The maximum absolute atomic E-state index is 12.8. The van der Waals surface area contributed by atoms with Crippen molar-refractivity contribution in [2.75, 3.05) is 32.5 Å². The molecule has 2 aliphatic rings. The predicted molar refractivity (Wildman–Crippen MR) is 140 cm³/mol. The van der Waals surface area contributed by atoms with Crippen LogP contribution < -0.4 is 16.0 Å². The summed E-state index contributed by atoms with van der Waals surface area (Å²) in [7, 11) is 3.66. The van der Waals surface area contributed by atoms with E-state index in [0.717, 1.165) is 62.7 Å². The molecule has 0 heterocycles. The van der Waals surface area contributed by atoms with Crippen molar-refractivity contribution in [3.05, 3.63) is 29.8 Å². The van der Waals surface area contributed by atoms with Crippen molar-refractivity contribution >= 4 is 47.4 Å². The number of hydrogen-bond donors (Lipinski definition) is 3. The lowest BCUT2D eigenvalue weighted by Gasteiger charge is -2.31. The second-order valence-electron chi connectivity index (χ2n) is 9.05. The Morgan fingerprint density at radius 1 is 1.12 bits per heavy atom. The van der Waals surface area contributed by atoms with E-state index < -0.39 is 0 Å². The third kappa shape index (κ3) is 6.83. The maximum atomic E-state index is 12.8. The number of halogens is 1.